The monoisotopic (exact) mass is 387 g/mol. The first-order chi connectivity index (χ1) is 14.2. The average molecular weight is 388 g/mol. The molecule has 5 nitrogen and oxygen atoms in total. The second-order valence-corrected chi connectivity index (χ2v) is 7.82. The lowest BCUT2D eigenvalue weighted by atomic mass is 10.00. The van der Waals surface area contributed by atoms with Crippen LogP contribution < -0.4 is 10.2 Å². The van der Waals surface area contributed by atoms with Crippen LogP contribution in [0, 0.1) is 0 Å². The van der Waals surface area contributed by atoms with Crippen molar-refractivity contribution in [3.05, 3.63) is 71.8 Å². The molecule has 0 unspecified atom stereocenters. The van der Waals surface area contributed by atoms with Gasteiger partial charge in [0, 0.05) is 31.3 Å². The fourth-order valence-electron chi connectivity index (χ4n) is 3.71. The van der Waals surface area contributed by atoms with Gasteiger partial charge < -0.3 is 15.1 Å². The third kappa shape index (κ3) is 4.93. The second kappa shape index (κ2) is 9.05. The topological polar surface area (TPSA) is 44.3 Å². The van der Waals surface area contributed by atoms with E-state index in [1.54, 1.807) is 0 Å². The van der Waals surface area contributed by atoms with Gasteiger partial charge in [-0.1, -0.05) is 54.6 Å². The molecule has 2 aromatic carbocycles. The van der Waals surface area contributed by atoms with Gasteiger partial charge in [-0.15, -0.1) is 0 Å². The highest BCUT2D eigenvalue weighted by atomic mass is 15.2. The molecule has 0 atom stereocenters. The normalized spacial score (nSPS) is 13.4. The van der Waals surface area contributed by atoms with Gasteiger partial charge in [-0.2, -0.15) is 0 Å². The molecule has 1 N–H and O–H groups in total. The fraction of sp³-hybridized carbons (Fsp3) is 0.333. The lowest BCUT2D eigenvalue weighted by molar-refractivity contribution is 0.405. The second-order valence-electron chi connectivity index (χ2n) is 7.82. The van der Waals surface area contributed by atoms with E-state index in [-0.39, 0.29) is 0 Å². The molecule has 0 amide bonds. The first-order valence-corrected chi connectivity index (χ1v) is 10.3. The summed E-state index contributed by atoms with van der Waals surface area (Å²) in [6.07, 6.45) is 2.12. The lowest BCUT2D eigenvalue weighted by Crippen LogP contribution is -2.31. The van der Waals surface area contributed by atoms with Gasteiger partial charge in [-0.3, -0.25) is 0 Å². The van der Waals surface area contributed by atoms with Crippen molar-refractivity contribution >= 4 is 11.6 Å². The highest BCUT2D eigenvalue weighted by Gasteiger charge is 2.19. The Labute approximate surface area is 173 Å². The van der Waals surface area contributed by atoms with Crippen molar-refractivity contribution in [2.45, 2.75) is 19.4 Å². The molecule has 1 aromatic heterocycles. The molecule has 5 heteroatoms. The first-order valence-electron chi connectivity index (χ1n) is 10.3. The van der Waals surface area contributed by atoms with E-state index in [4.69, 9.17) is 9.97 Å². The Balaban J connectivity index is 1.59. The Kier molecular flexibility index (Phi) is 6.06. The van der Waals surface area contributed by atoms with Crippen LogP contribution in [-0.4, -0.2) is 48.6 Å². The summed E-state index contributed by atoms with van der Waals surface area (Å²) in [6, 6.07) is 21.0. The molecule has 0 fully saturated rings. The molecule has 0 saturated carbocycles. The molecule has 0 bridgehead atoms. The Morgan fingerprint density at radius 1 is 0.966 bits per heavy atom. The number of fused-ring (bicyclic) bond motifs is 1. The van der Waals surface area contributed by atoms with Crippen molar-refractivity contribution in [3.8, 4) is 11.4 Å². The van der Waals surface area contributed by atoms with Crippen LogP contribution in [0.1, 0.15) is 17.5 Å². The van der Waals surface area contributed by atoms with Crippen LogP contribution in [0.25, 0.3) is 11.4 Å². The summed E-state index contributed by atoms with van der Waals surface area (Å²) in [4.78, 5) is 14.3. The first kappa shape index (κ1) is 19.4. The Hall–Kier alpha value is -2.92. The van der Waals surface area contributed by atoms with E-state index in [0.717, 1.165) is 62.0 Å². The van der Waals surface area contributed by atoms with E-state index < -0.39 is 0 Å². The van der Waals surface area contributed by atoms with Crippen LogP contribution in [0.3, 0.4) is 0 Å². The number of anilines is 2. The number of hydrogen-bond acceptors (Lipinski definition) is 5. The van der Waals surface area contributed by atoms with E-state index >= 15 is 0 Å². The van der Waals surface area contributed by atoms with Gasteiger partial charge >= 0.3 is 0 Å². The Morgan fingerprint density at radius 3 is 2.52 bits per heavy atom. The minimum Gasteiger partial charge on any atom is -0.370 e. The SMILES string of the molecule is CN(C)CCCNc1cc(N2CCc3ccccc3C2)nc(-c2ccccc2)n1. The molecule has 1 aliphatic rings. The molecule has 4 rings (SSSR count). The van der Waals surface area contributed by atoms with Crippen molar-refractivity contribution in [2.75, 3.05) is 43.9 Å². The summed E-state index contributed by atoms with van der Waals surface area (Å²) in [6.45, 7) is 3.81. The van der Waals surface area contributed by atoms with Gasteiger partial charge in [0.15, 0.2) is 5.82 Å². The standard InChI is InChI=1S/C24H29N5/c1-28(2)15-8-14-25-22-17-23(27-24(26-22)20-10-4-3-5-11-20)29-16-13-19-9-6-7-12-21(19)18-29/h3-7,9-12,17H,8,13-16,18H2,1-2H3,(H,25,26,27). The lowest BCUT2D eigenvalue weighted by Gasteiger charge is -2.30. The highest BCUT2D eigenvalue weighted by molar-refractivity contribution is 5.62. The van der Waals surface area contributed by atoms with Crippen LogP contribution in [0.2, 0.25) is 0 Å². The predicted octanol–water partition coefficient (Wildman–Crippen LogP) is 4.07. The molecule has 0 spiro atoms. The van der Waals surface area contributed by atoms with E-state index in [2.05, 4.69) is 71.7 Å². The molecule has 150 valence electrons. The maximum absolute atomic E-state index is 4.92. The molecule has 3 aromatic rings. The molecule has 0 radical (unpaired) electrons. The minimum absolute atomic E-state index is 0.775. The van der Waals surface area contributed by atoms with E-state index in [9.17, 15) is 0 Å². The Morgan fingerprint density at radius 2 is 1.72 bits per heavy atom. The van der Waals surface area contributed by atoms with Crippen LogP contribution in [-0.2, 0) is 13.0 Å². The van der Waals surface area contributed by atoms with Gasteiger partial charge in [-0.25, -0.2) is 9.97 Å². The summed E-state index contributed by atoms with van der Waals surface area (Å²) in [5, 5.41) is 3.50. The maximum Gasteiger partial charge on any atom is 0.163 e. The third-order valence-corrected chi connectivity index (χ3v) is 5.29. The van der Waals surface area contributed by atoms with E-state index in [1.807, 2.05) is 18.2 Å². The van der Waals surface area contributed by atoms with Gasteiger partial charge in [0.05, 0.1) is 0 Å². The minimum atomic E-state index is 0.775. The largest absolute Gasteiger partial charge is 0.370 e. The number of aromatic nitrogens is 2. The van der Waals surface area contributed by atoms with E-state index in [1.165, 1.54) is 11.1 Å². The summed E-state index contributed by atoms with van der Waals surface area (Å²) in [5.74, 6) is 2.66. The van der Waals surface area contributed by atoms with E-state index in [0.29, 0.717) is 0 Å². The number of hydrogen-bond donors (Lipinski definition) is 1. The molecule has 0 saturated heterocycles. The van der Waals surface area contributed by atoms with Gasteiger partial charge in [0.1, 0.15) is 11.6 Å². The zero-order chi connectivity index (χ0) is 20.1. The summed E-state index contributed by atoms with van der Waals surface area (Å²) < 4.78 is 0. The van der Waals surface area contributed by atoms with Crippen molar-refractivity contribution in [2.24, 2.45) is 0 Å². The summed E-state index contributed by atoms with van der Waals surface area (Å²) in [7, 11) is 4.20. The van der Waals surface area contributed by atoms with Crippen molar-refractivity contribution < 1.29 is 0 Å². The molecule has 29 heavy (non-hydrogen) atoms. The summed E-state index contributed by atoms with van der Waals surface area (Å²) >= 11 is 0. The zero-order valence-electron chi connectivity index (χ0n) is 17.3. The quantitative estimate of drug-likeness (QED) is 0.619. The Bertz CT molecular complexity index is 939. The number of nitrogens with zero attached hydrogens (tertiary/aromatic N) is 4. The zero-order valence-corrected chi connectivity index (χ0v) is 17.3. The van der Waals surface area contributed by atoms with Gasteiger partial charge in [0.2, 0.25) is 0 Å². The van der Waals surface area contributed by atoms with Crippen LogP contribution in [0.5, 0.6) is 0 Å². The van der Waals surface area contributed by atoms with Crippen molar-refractivity contribution in [1.29, 1.82) is 0 Å². The van der Waals surface area contributed by atoms with Crippen LogP contribution >= 0.6 is 0 Å². The molecule has 1 aliphatic heterocycles. The molecule has 2 heterocycles. The van der Waals surface area contributed by atoms with Crippen molar-refractivity contribution in [1.82, 2.24) is 14.9 Å². The smallest absolute Gasteiger partial charge is 0.163 e. The fourth-order valence-corrected chi connectivity index (χ4v) is 3.71. The predicted molar refractivity (Wildman–Crippen MR) is 120 cm³/mol. The number of nitrogens with one attached hydrogen (secondary N) is 1. The average Bonchev–Trinajstić information content (AvgIpc) is 2.76. The summed E-state index contributed by atoms with van der Waals surface area (Å²) in [5.41, 5.74) is 3.88. The molecule has 0 aliphatic carbocycles. The molecular formula is C24H29N5. The van der Waals surface area contributed by atoms with Crippen LogP contribution in [0.15, 0.2) is 60.7 Å². The van der Waals surface area contributed by atoms with Gasteiger partial charge in [-0.05, 0) is 44.6 Å². The van der Waals surface area contributed by atoms with Crippen LogP contribution in [0.4, 0.5) is 11.6 Å². The van der Waals surface area contributed by atoms with Crippen molar-refractivity contribution in [3.63, 3.8) is 0 Å². The third-order valence-electron chi connectivity index (χ3n) is 5.29. The number of rotatable bonds is 7. The maximum atomic E-state index is 4.92. The number of benzene rings is 2. The highest BCUT2D eigenvalue weighted by Crippen LogP contribution is 2.27. The van der Waals surface area contributed by atoms with Gasteiger partial charge in [0.25, 0.3) is 0 Å². The molecular weight excluding hydrogens is 358 g/mol.